The SMILES string of the molecule is C[C@H](c1nnc(-c2ccc([N+](=O)[O-])cc2)o1)N(C)Cc1ccc(Cl)cc1. The molecule has 0 aliphatic heterocycles. The van der Waals surface area contributed by atoms with E-state index in [1.807, 2.05) is 38.2 Å². The molecule has 0 unspecified atom stereocenters. The Hall–Kier alpha value is -2.77. The quantitative estimate of drug-likeness (QED) is 0.468. The predicted octanol–water partition coefficient (Wildman–Crippen LogP) is 4.49. The number of nitro groups is 1. The topological polar surface area (TPSA) is 85.3 Å². The lowest BCUT2D eigenvalue weighted by Crippen LogP contribution is -2.22. The Morgan fingerprint density at radius 1 is 1.15 bits per heavy atom. The van der Waals surface area contributed by atoms with Crippen molar-refractivity contribution in [2.24, 2.45) is 0 Å². The summed E-state index contributed by atoms with van der Waals surface area (Å²) in [7, 11) is 1.97. The van der Waals surface area contributed by atoms with Crippen molar-refractivity contribution < 1.29 is 9.34 Å². The van der Waals surface area contributed by atoms with Crippen molar-refractivity contribution in [3.05, 3.63) is 75.1 Å². The van der Waals surface area contributed by atoms with Crippen LogP contribution >= 0.6 is 11.6 Å². The number of nitro benzene ring substituents is 1. The molecule has 2 aromatic carbocycles. The van der Waals surface area contributed by atoms with Crippen LogP contribution in [-0.2, 0) is 6.54 Å². The van der Waals surface area contributed by atoms with Crippen LogP contribution in [0.25, 0.3) is 11.5 Å². The van der Waals surface area contributed by atoms with Gasteiger partial charge in [0.2, 0.25) is 11.8 Å². The number of rotatable bonds is 6. The van der Waals surface area contributed by atoms with Gasteiger partial charge in [-0.15, -0.1) is 10.2 Å². The molecule has 0 amide bonds. The van der Waals surface area contributed by atoms with Gasteiger partial charge in [-0.05, 0) is 43.8 Å². The van der Waals surface area contributed by atoms with E-state index in [9.17, 15) is 10.1 Å². The number of non-ortho nitro benzene ring substituents is 1. The number of hydrogen-bond donors (Lipinski definition) is 0. The van der Waals surface area contributed by atoms with Gasteiger partial charge in [-0.3, -0.25) is 15.0 Å². The van der Waals surface area contributed by atoms with Crippen molar-refractivity contribution in [2.45, 2.75) is 19.5 Å². The fourth-order valence-electron chi connectivity index (χ4n) is 2.45. The van der Waals surface area contributed by atoms with Gasteiger partial charge in [0.05, 0.1) is 11.0 Å². The van der Waals surface area contributed by atoms with Crippen molar-refractivity contribution in [1.29, 1.82) is 0 Å². The molecule has 0 saturated carbocycles. The van der Waals surface area contributed by atoms with Crippen LogP contribution in [-0.4, -0.2) is 27.1 Å². The van der Waals surface area contributed by atoms with Crippen LogP contribution in [0.15, 0.2) is 52.9 Å². The zero-order valence-electron chi connectivity index (χ0n) is 14.3. The highest BCUT2D eigenvalue weighted by atomic mass is 35.5. The molecule has 1 atom stereocenters. The van der Waals surface area contributed by atoms with Crippen LogP contribution in [0.3, 0.4) is 0 Å². The highest BCUT2D eigenvalue weighted by Crippen LogP contribution is 2.25. The van der Waals surface area contributed by atoms with Crippen molar-refractivity contribution in [3.8, 4) is 11.5 Å². The van der Waals surface area contributed by atoms with Crippen molar-refractivity contribution in [3.63, 3.8) is 0 Å². The molecule has 0 bridgehead atoms. The highest BCUT2D eigenvalue weighted by molar-refractivity contribution is 6.30. The molecule has 0 fully saturated rings. The van der Waals surface area contributed by atoms with Gasteiger partial charge in [-0.1, -0.05) is 23.7 Å². The Bertz CT molecular complexity index is 894. The summed E-state index contributed by atoms with van der Waals surface area (Å²) in [6.07, 6.45) is 0. The fourth-order valence-corrected chi connectivity index (χ4v) is 2.58. The van der Waals surface area contributed by atoms with E-state index in [0.717, 1.165) is 5.56 Å². The van der Waals surface area contributed by atoms with Gasteiger partial charge in [0.25, 0.3) is 5.69 Å². The molecule has 0 radical (unpaired) electrons. The van der Waals surface area contributed by atoms with Crippen LogP contribution in [0.1, 0.15) is 24.4 Å². The van der Waals surface area contributed by atoms with Gasteiger partial charge in [-0.2, -0.15) is 0 Å². The number of benzene rings is 2. The summed E-state index contributed by atoms with van der Waals surface area (Å²) < 4.78 is 5.75. The summed E-state index contributed by atoms with van der Waals surface area (Å²) >= 11 is 5.91. The van der Waals surface area contributed by atoms with Crippen LogP contribution in [0.5, 0.6) is 0 Å². The Morgan fingerprint density at radius 2 is 1.81 bits per heavy atom. The number of nitrogens with zero attached hydrogens (tertiary/aromatic N) is 4. The maximum atomic E-state index is 10.7. The average molecular weight is 373 g/mol. The van der Waals surface area contributed by atoms with E-state index >= 15 is 0 Å². The first-order valence-corrected chi connectivity index (χ1v) is 8.35. The zero-order chi connectivity index (χ0) is 18.7. The van der Waals surface area contributed by atoms with E-state index in [1.165, 1.54) is 12.1 Å². The molecule has 0 aliphatic rings. The van der Waals surface area contributed by atoms with Gasteiger partial charge in [0, 0.05) is 29.3 Å². The second-order valence-corrected chi connectivity index (χ2v) is 6.40. The summed E-state index contributed by atoms with van der Waals surface area (Å²) in [5, 5.41) is 19.6. The monoisotopic (exact) mass is 372 g/mol. The summed E-state index contributed by atoms with van der Waals surface area (Å²) in [6.45, 7) is 2.68. The van der Waals surface area contributed by atoms with Crippen LogP contribution in [0, 0.1) is 10.1 Å². The summed E-state index contributed by atoms with van der Waals surface area (Å²) in [4.78, 5) is 12.4. The van der Waals surface area contributed by atoms with Gasteiger partial charge in [0.1, 0.15) is 0 Å². The fraction of sp³-hybridized carbons (Fsp3) is 0.222. The summed E-state index contributed by atoms with van der Waals surface area (Å²) in [5.41, 5.74) is 1.78. The Morgan fingerprint density at radius 3 is 2.42 bits per heavy atom. The molecule has 7 nitrogen and oxygen atoms in total. The number of aromatic nitrogens is 2. The largest absolute Gasteiger partial charge is 0.419 e. The Balaban J connectivity index is 1.71. The lowest BCUT2D eigenvalue weighted by Gasteiger charge is -2.21. The second-order valence-electron chi connectivity index (χ2n) is 5.97. The maximum Gasteiger partial charge on any atom is 0.269 e. The first kappa shape index (κ1) is 18.0. The minimum atomic E-state index is -0.448. The van der Waals surface area contributed by atoms with E-state index in [0.29, 0.717) is 28.9 Å². The van der Waals surface area contributed by atoms with Crippen LogP contribution in [0.4, 0.5) is 5.69 Å². The van der Waals surface area contributed by atoms with Gasteiger partial charge < -0.3 is 4.42 Å². The van der Waals surface area contributed by atoms with Gasteiger partial charge in [-0.25, -0.2) is 0 Å². The molecule has 0 saturated heterocycles. The van der Waals surface area contributed by atoms with Crippen molar-refractivity contribution >= 4 is 17.3 Å². The van der Waals surface area contributed by atoms with E-state index in [-0.39, 0.29) is 11.7 Å². The first-order chi connectivity index (χ1) is 12.4. The normalized spacial score (nSPS) is 12.3. The molecule has 0 spiro atoms. The van der Waals surface area contributed by atoms with Crippen molar-refractivity contribution in [2.75, 3.05) is 7.05 Å². The number of hydrogen-bond acceptors (Lipinski definition) is 6. The van der Waals surface area contributed by atoms with E-state index in [1.54, 1.807) is 12.1 Å². The molecular weight excluding hydrogens is 356 g/mol. The third kappa shape index (κ3) is 4.07. The molecule has 1 heterocycles. The molecule has 3 aromatic rings. The van der Waals surface area contributed by atoms with Crippen molar-refractivity contribution in [1.82, 2.24) is 15.1 Å². The van der Waals surface area contributed by atoms with Crippen LogP contribution in [0.2, 0.25) is 5.02 Å². The highest BCUT2D eigenvalue weighted by Gasteiger charge is 2.19. The lowest BCUT2D eigenvalue weighted by molar-refractivity contribution is -0.384. The Kier molecular flexibility index (Phi) is 5.29. The third-order valence-corrected chi connectivity index (χ3v) is 4.38. The molecule has 8 heteroatoms. The maximum absolute atomic E-state index is 10.7. The molecule has 0 N–H and O–H groups in total. The average Bonchev–Trinajstić information content (AvgIpc) is 3.13. The molecule has 1 aromatic heterocycles. The second kappa shape index (κ2) is 7.63. The molecule has 3 rings (SSSR count). The van der Waals surface area contributed by atoms with E-state index in [4.69, 9.17) is 16.0 Å². The van der Waals surface area contributed by atoms with E-state index < -0.39 is 4.92 Å². The van der Waals surface area contributed by atoms with Gasteiger partial charge >= 0.3 is 0 Å². The summed E-state index contributed by atoms with van der Waals surface area (Å²) in [6, 6.07) is 13.6. The first-order valence-electron chi connectivity index (χ1n) is 7.97. The standard InChI is InChI=1S/C18H17ClN4O3/c1-12(22(2)11-13-3-7-15(19)8-4-13)17-20-21-18(26-17)14-5-9-16(10-6-14)23(24)25/h3-10,12H,11H2,1-2H3/t12-/m1/s1. The van der Waals surface area contributed by atoms with E-state index in [2.05, 4.69) is 15.1 Å². The number of halogens is 1. The third-order valence-electron chi connectivity index (χ3n) is 4.13. The molecule has 0 aliphatic carbocycles. The summed E-state index contributed by atoms with van der Waals surface area (Å²) in [5.74, 6) is 0.816. The smallest absolute Gasteiger partial charge is 0.269 e. The lowest BCUT2D eigenvalue weighted by atomic mass is 10.2. The minimum Gasteiger partial charge on any atom is -0.419 e. The van der Waals surface area contributed by atoms with Crippen LogP contribution < -0.4 is 0 Å². The predicted molar refractivity (Wildman–Crippen MR) is 97.7 cm³/mol. The molecule has 134 valence electrons. The molecule has 26 heavy (non-hydrogen) atoms. The zero-order valence-corrected chi connectivity index (χ0v) is 15.1. The molecular formula is C18H17ClN4O3. The Labute approximate surface area is 155 Å². The van der Waals surface area contributed by atoms with Gasteiger partial charge in [0.15, 0.2) is 0 Å². The minimum absolute atomic E-state index is 0.0181.